The molecule has 1 aliphatic carbocycles. The van der Waals surface area contributed by atoms with Crippen molar-refractivity contribution in [2.75, 3.05) is 40.5 Å². The average molecular weight is 984 g/mol. The molecule has 18 heteroatoms. The van der Waals surface area contributed by atoms with Crippen molar-refractivity contribution in [2.45, 2.75) is 108 Å². The van der Waals surface area contributed by atoms with Crippen LogP contribution in [0.1, 0.15) is 116 Å². The van der Waals surface area contributed by atoms with Gasteiger partial charge in [-0.3, -0.25) is 14.2 Å². The number of hydrogen-bond acceptors (Lipinski definition) is 11. The number of imidazole rings is 2. The van der Waals surface area contributed by atoms with Gasteiger partial charge in [0, 0.05) is 53.3 Å². The van der Waals surface area contributed by atoms with Crippen LogP contribution >= 0.6 is 11.3 Å². The number of hydrogen-bond donors (Lipinski definition) is 4. The standard InChI is InChI=1S/C53H61N9O8S/c1-28(2)45(58-52(65)67-4)49(63)60-18-6-8-38(60)47-54-26-35(56-47)32-12-13-37-34(23-32)24-40-44-29(3)22-33(25-41(44)70-51(62(37)40)43-15-14-42(71-43)30-10-11-30)36-27-55-48(57-36)39-9-7-19-61(39)50(64)46(59-53(66)68-5)31-16-20-69-21-17-31/h12-15,22-28,30-31,38-39,45-46,51H,6-11,16-21H2,1-5H3,(H,54,56)(H,55,57)(H,58,65)(H,59,66)/t38-,39-,45-,46-,51?/m0/s1. The Kier molecular flexibility index (Phi) is 12.6. The van der Waals surface area contributed by atoms with Crippen molar-refractivity contribution in [3.05, 3.63) is 87.9 Å². The molecule has 372 valence electrons. The van der Waals surface area contributed by atoms with Crippen LogP contribution in [0.5, 0.6) is 5.75 Å². The first kappa shape index (κ1) is 46.7. The molecule has 5 aliphatic rings. The van der Waals surface area contributed by atoms with Crippen LogP contribution in [0.25, 0.3) is 44.7 Å². The average Bonchev–Trinajstić information content (AvgIpc) is 4.11. The van der Waals surface area contributed by atoms with E-state index in [-0.39, 0.29) is 35.7 Å². The van der Waals surface area contributed by atoms with Crippen LogP contribution in [-0.4, -0.2) is 111 Å². The topological polar surface area (TPSA) is 198 Å². The lowest BCUT2D eigenvalue weighted by atomic mass is 9.90. The van der Waals surface area contributed by atoms with Gasteiger partial charge in [0.05, 0.1) is 66.2 Å². The van der Waals surface area contributed by atoms with Gasteiger partial charge in [0.15, 0.2) is 0 Å². The lowest BCUT2D eigenvalue weighted by Crippen LogP contribution is -2.53. The number of likely N-dealkylation sites (tertiary alicyclic amines) is 2. The Morgan fingerprint density at radius 3 is 2.07 bits per heavy atom. The summed E-state index contributed by atoms with van der Waals surface area (Å²) in [5, 5.41) is 6.64. The number of benzene rings is 2. The molecule has 5 atom stereocenters. The van der Waals surface area contributed by atoms with Gasteiger partial charge in [-0.2, -0.15) is 0 Å². The molecular weight excluding hydrogens is 923 g/mol. The minimum absolute atomic E-state index is 0.0533. The summed E-state index contributed by atoms with van der Waals surface area (Å²) in [5.41, 5.74) is 7.73. The summed E-state index contributed by atoms with van der Waals surface area (Å²) in [4.78, 5) is 75.8. The molecule has 1 saturated carbocycles. The fraction of sp³-hybridized carbons (Fsp3) is 0.472. The second-order valence-electron chi connectivity index (χ2n) is 20.0. The second-order valence-corrected chi connectivity index (χ2v) is 21.1. The first-order valence-corrected chi connectivity index (χ1v) is 25.8. The Bertz CT molecular complexity index is 3000. The molecule has 4 fully saturated rings. The van der Waals surface area contributed by atoms with Gasteiger partial charge in [0.1, 0.15) is 29.5 Å². The number of aryl methyl sites for hydroxylation is 1. The number of amides is 4. The Hall–Kier alpha value is -6.66. The van der Waals surface area contributed by atoms with Crippen molar-refractivity contribution < 1.29 is 38.1 Å². The number of methoxy groups -OCH3 is 2. The molecule has 0 bridgehead atoms. The van der Waals surface area contributed by atoms with Gasteiger partial charge in [0.25, 0.3) is 0 Å². The third-order valence-corrected chi connectivity index (χ3v) is 16.4. The van der Waals surface area contributed by atoms with Crippen LogP contribution in [0.3, 0.4) is 0 Å². The van der Waals surface area contributed by atoms with E-state index in [0.29, 0.717) is 56.7 Å². The summed E-state index contributed by atoms with van der Waals surface area (Å²) in [6, 6.07) is 15.5. The van der Waals surface area contributed by atoms with E-state index in [9.17, 15) is 19.2 Å². The normalized spacial score (nSPS) is 20.9. The van der Waals surface area contributed by atoms with Gasteiger partial charge in [-0.05, 0) is 124 Å². The molecule has 4 aromatic heterocycles. The smallest absolute Gasteiger partial charge is 0.407 e. The van der Waals surface area contributed by atoms with E-state index in [0.717, 1.165) is 86.5 Å². The molecule has 11 rings (SSSR count). The van der Waals surface area contributed by atoms with Gasteiger partial charge in [-0.15, -0.1) is 11.3 Å². The highest BCUT2D eigenvalue weighted by Crippen LogP contribution is 2.50. The zero-order valence-electron chi connectivity index (χ0n) is 40.8. The van der Waals surface area contributed by atoms with E-state index in [1.807, 2.05) is 47.4 Å². The molecule has 6 aromatic rings. The molecular formula is C53H61N9O8S. The number of thiophene rings is 1. The maximum Gasteiger partial charge on any atom is 0.407 e. The van der Waals surface area contributed by atoms with Crippen LogP contribution in [0.4, 0.5) is 9.59 Å². The van der Waals surface area contributed by atoms with Crippen LogP contribution < -0.4 is 15.4 Å². The first-order valence-electron chi connectivity index (χ1n) is 25.0. The summed E-state index contributed by atoms with van der Waals surface area (Å²) < 4.78 is 24.8. The minimum Gasteiger partial charge on any atom is -0.464 e. The number of H-pyrrole nitrogens is 2. The molecule has 0 radical (unpaired) electrons. The van der Waals surface area contributed by atoms with E-state index < -0.39 is 30.5 Å². The third kappa shape index (κ3) is 8.82. The monoisotopic (exact) mass is 983 g/mol. The van der Waals surface area contributed by atoms with Gasteiger partial charge in [-0.25, -0.2) is 19.6 Å². The predicted octanol–water partition coefficient (Wildman–Crippen LogP) is 9.13. The quantitative estimate of drug-likeness (QED) is 0.0918. The molecule has 4 aliphatic heterocycles. The summed E-state index contributed by atoms with van der Waals surface area (Å²) in [5.74, 6) is 2.35. The number of nitrogens with zero attached hydrogens (tertiary/aromatic N) is 5. The zero-order chi connectivity index (χ0) is 49.1. The molecule has 8 heterocycles. The highest BCUT2D eigenvalue weighted by Gasteiger charge is 2.41. The maximum atomic E-state index is 14.3. The lowest BCUT2D eigenvalue weighted by Gasteiger charge is -2.34. The van der Waals surface area contributed by atoms with Crippen molar-refractivity contribution in [1.82, 2.24) is 44.9 Å². The summed E-state index contributed by atoms with van der Waals surface area (Å²) in [7, 11) is 2.61. The van der Waals surface area contributed by atoms with Crippen molar-refractivity contribution in [3.63, 3.8) is 0 Å². The van der Waals surface area contributed by atoms with Crippen LogP contribution in [0.2, 0.25) is 0 Å². The maximum absolute atomic E-state index is 14.3. The summed E-state index contributed by atoms with van der Waals surface area (Å²) >= 11 is 1.83. The van der Waals surface area contributed by atoms with Crippen molar-refractivity contribution in [2.24, 2.45) is 11.8 Å². The Morgan fingerprint density at radius 1 is 0.761 bits per heavy atom. The summed E-state index contributed by atoms with van der Waals surface area (Å²) in [6.45, 7) is 8.18. The third-order valence-electron chi connectivity index (χ3n) is 15.1. The molecule has 4 N–H and O–H groups in total. The van der Waals surface area contributed by atoms with Crippen LogP contribution in [0.15, 0.2) is 60.9 Å². The molecule has 4 amide bonds. The molecule has 17 nitrogen and oxygen atoms in total. The second kappa shape index (κ2) is 19.2. The number of aromatic amines is 2. The number of carbonyl (C=O) groups is 4. The molecule has 3 saturated heterocycles. The Balaban J connectivity index is 0.896. The fourth-order valence-corrected chi connectivity index (χ4v) is 12.4. The van der Waals surface area contributed by atoms with Crippen LogP contribution in [0, 0.1) is 18.8 Å². The van der Waals surface area contributed by atoms with E-state index >= 15 is 0 Å². The first-order chi connectivity index (χ1) is 34.5. The number of nitrogens with one attached hydrogen (secondary N) is 4. The zero-order valence-corrected chi connectivity index (χ0v) is 41.6. The SMILES string of the molecule is COC(=O)N[C@H](C(=O)N1CCC[C@H]1c1ncc(-c2ccc3c(c2)cc2n3C(c3ccc(C4CC4)s3)Oc3cc(-c4cnc([C@@H]5CCCN5C(=O)[C@@H](NC(=O)OC)C5CCOCC5)[nH]4)cc(C)c3-2)[nH]1)C(C)C. The van der Waals surface area contributed by atoms with E-state index in [1.54, 1.807) is 0 Å². The Morgan fingerprint density at radius 2 is 1.41 bits per heavy atom. The molecule has 1 unspecified atom stereocenters. The minimum atomic E-state index is -0.714. The van der Waals surface area contributed by atoms with Crippen LogP contribution in [-0.2, 0) is 23.8 Å². The summed E-state index contributed by atoms with van der Waals surface area (Å²) in [6.07, 6.45) is 8.98. The highest BCUT2D eigenvalue weighted by molar-refractivity contribution is 7.12. The molecule has 0 spiro atoms. The number of alkyl carbamates (subject to hydrolysis) is 2. The van der Waals surface area contributed by atoms with E-state index in [4.69, 9.17) is 28.9 Å². The molecule has 2 aromatic carbocycles. The predicted molar refractivity (Wildman–Crippen MR) is 267 cm³/mol. The van der Waals surface area contributed by atoms with Gasteiger partial charge >= 0.3 is 12.2 Å². The van der Waals surface area contributed by atoms with Crippen molar-refractivity contribution in [1.29, 1.82) is 0 Å². The largest absolute Gasteiger partial charge is 0.464 e. The van der Waals surface area contributed by atoms with Crippen molar-refractivity contribution in [3.8, 4) is 39.5 Å². The number of rotatable bonds is 12. The Labute approximate surface area is 416 Å². The number of ether oxygens (including phenoxy) is 4. The fourth-order valence-electron chi connectivity index (χ4n) is 11.2. The number of aromatic nitrogens is 5. The van der Waals surface area contributed by atoms with E-state index in [1.165, 1.54) is 31.9 Å². The van der Waals surface area contributed by atoms with E-state index in [2.05, 4.69) is 80.6 Å². The van der Waals surface area contributed by atoms with Gasteiger partial charge in [0.2, 0.25) is 18.0 Å². The lowest BCUT2D eigenvalue weighted by molar-refractivity contribution is -0.137. The van der Waals surface area contributed by atoms with Gasteiger partial charge in [-0.1, -0.05) is 19.9 Å². The highest BCUT2D eigenvalue weighted by atomic mass is 32.1. The number of carbonyl (C=O) groups excluding carboxylic acids is 4. The van der Waals surface area contributed by atoms with Crippen molar-refractivity contribution >= 4 is 46.2 Å². The molecule has 71 heavy (non-hydrogen) atoms. The van der Waals surface area contributed by atoms with Gasteiger partial charge < -0.3 is 49.3 Å². The number of fused-ring (bicyclic) bond motifs is 5.